The van der Waals surface area contributed by atoms with Gasteiger partial charge in [-0.05, 0) is 24.3 Å². The number of hydrogen-bond donors (Lipinski definition) is 2. The summed E-state index contributed by atoms with van der Waals surface area (Å²) in [5.41, 5.74) is 4.14. The van der Waals surface area contributed by atoms with Gasteiger partial charge < -0.3 is 15.5 Å². The van der Waals surface area contributed by atoms with Gasteiger partial charge in [-0.2, -0.15) is 13.2 Å². The molecular formula is C17H10F6N4O2. The first-order valence-electron chi connectivity index (χ1n) is 7.73. The molecule has 152 valence electrons. The highest BCUT2D eigenvalue weighted by atomic mass is 19.4. The number of primary amides is 1. The van der Waals surface area contributed by atoms with Crippen molar-refractivity contribution in [1.82, 2.24) is 15.0 Å². The lowest BCUT2D eigenvalue weighted by atomic mass is 10.1. The summed E-state index contributed by atoms with van der Waals surface area (Å²) >= 11 is 0. The van der Waals surface area contributed by atoms with Gasteiger partial charge in [0, 0.05) is 23.4 Å². The molecule has 0 atom stereocenters. The molecule has 0 aliphatic heterocycles. The molecule has 0 aliphatic carbocycles. The fourth-order valence-corrected chi connectivity index (χ4v) is 2.47. The number of nitrogens with two attached hydrogens (primary N) is 1. The van der Waals surface area contributed by atoms with Gasteiger partial charge >= 0.3 is 12.5 Å². The maximum atomic E-state index is 13.2. The third-order valence-electron chi connectivity index (χ3n) is 3.64. The maximum Gasteiger partial charge on any atom is 0.573 e. The number of halogens is 6. The van der Waals surface area contributed by atoms with Gasteiger partial charge in [0.2, 0.25) is 5.91 Å². The van der Waals surface area contributed by atoms with Crippen molar-refractivity contribution in [3.05, 3.63) is 47.8 Å². The number of rotatable bonds is 4. The van der Waals surface area contributed by atoms with E-state index in [1.54, 1.807) is 0 Å². The van der Waals surface area contributed by atoms with E-state index in [4.69, 9.17) is 5.73 Å². The third-order valence-corrected chi connectivity index (χ3v) is 3.64. The minimum absolute atomic E-state index is 0.0325. The van der Waals surface area contributed by atoms with Crippen molar-refractivity contribution < 1.29 is 35.9 Å². The molecule has 0 aliphatic rings. The van der Waals surface area contributed by atoms with E-state index in [2.05, 4.69) is 19.7 Å². The molecule has 0 radical (unpaired) electrons. The number of carbonyl (C=O) groups excluding carboxylic acids is 1. The monoisotopic (exact) mass is 416 g/mol. The van der Waals surface area contributed by atoms with Crippen LogP contribution in [0.4, 0.5) is 26.3 Å². The molecule has 2 heterocycles. The van der Waals surface area contributed by atoms with Gasteiger partial charge in [-0.3, -0.25) is 4.79 Å². The molecule has 0 fully saturated rings. The molecule has 1 aromatic carbocycles. The van der Waals surface area contributed by atoms with Gasteiger partial charge in [-0.15, -0.1) is 13.2 Å². The minimum Gasteiger partial charge on any atom is -0.405 e. The Balaban J connectivity index is 2.09. The quantitative estimate of drug-likeness (QED) is 0.496. The van der Waals surface area contributed by atoms with Crippen LogP contribution in [0.25, 0.3) is 28.5 Å². The van der Waals surface area contributed by atoms with Crippen LogP contribution < -0.4 is 10.5 Å². The van der Waals surface area contributed by atoms with Crippen LogP contribution in [0.1, 0.15) is 11.1 Å². The number of alkyl halides is 6. The van der Waals surface area contributed by atoms with Crippen LogP contribution in [0.5, 0.6) is 5.75 Å². The zero-order chi connectivity index (χ0) is 21.4. The van der Waals surface area contributed by atoms with Crippen LogP contribution in [0.2, 0.25) is 0 Å². The molecule has 29 heavy (non-hydrogen) atoms. The lowest BCUT2D eigenvalue weighted by Crippen LogP contribution is -2.20. The molecule has 0 bridgehead atoms. The van der Waals surface area contributed by atoms with Crippen LogP contribution >= 0.6 is 0 Å². The summed E-state index contributed by atoms with van der Waals surface area (Å²) in [6.45, 7) is 0. The molecule has 0 unspecified atom stereocenters. The fourth-order valence-electron chi connectivity index (χ4n) is 2.47. The standard InChI is InChI=1S/C17H10F6N4O2/c18-16(19,20)10-5-8(1-3-12(10)29-17(21,22)23)11-7-26-15-14(27-11)9(6-25-15)2-4-13(24)28/h1-7H,(H2,24,28)(H,25,26). The number of aromatic nitrogens is 3. The number of ether oxygens (including phenoxy) is 1. The lowest BCUT2D eigenvalue weighted by molar-refractivity contribution is -0.276. The van der Waals surface area contributed by atoms with E-state index in [1.807, 2.05) is 0 Å². The molecular weight excluding hydrogens is 406 g/mol. The molecule has 0 spiro atoms. The van der Waals surface area contributed by atoms with Crippen molar-refractivity contribution in [1.29, 1.82) is 0 Å². The van der Waals surface area contributed by atoms with Crippen LogP contribution in [-0.4, -0.2) is 27.2 Å². The Labute approximate surface area is 158 Å². The number of aromatic amines is 1. The summed E-state index contributed by atoms with van der Waals surface area (Å²) in [4.78, 5) is 21.8. The van der Waals surface area contributed by atoms with E-state index in [0.717, 1.165) is 18.3 Å². The van der Waals surface area contributed by atoms with Gasteiger partial charge in [-0.1, -0.05) is 0 Å². The SMILES string of the molecule is NC(=O)C=Cc1c[nH]c2ncc(-c3ccc(OC(F)(F)F)c(C(F)(F)F)c3)nc12. The lowest BCUT2D eigenvalue weighted by Gasteiger charge is -2.16. The molecule has 6 nitrogen and oxygen atoms in total. The highest BCUT2D eigenvalue weighted by Gasteiger charge is 2.39. The summed E-state index contributed by atoms with van der Waals surface area (Å²) < 4.78 is 80.3. The van der Waals surface area contributed by atoms with Crippen molar-refractivity contribution >= 4 is 23.1 Å². The molecule has 3 N–H and O–H groups in total. The fraction of sp³-hybridized carbons (Fsp3) is 0.118. The van der Waals surface area contributed by atoms with E-state index in [-0.39, 0.29) is 22.4 Å². The topological polar surface area (TPSA) is 93.9 Å². The first kappa shape index (κ1) is 20.2. The van der Waals surface area contributed by atoms with Crippen molar-refractivity contribution in [2.24, 2.45) is 5.73 Å². The highest BCUT2D eigenvalue weighted by Crippen LogP contribution is 2.40. The Morgan fingerprint density at radius 2 is 1.90 bits per heavy atom. The van der Waals surface area contributed by atoms with E-state index < -0.39 is 29.8 Å². The Hall–Kier alpha value is -3.57. The molecule has 12 heteroatoms. The number of benzene rings is 1. The summed E-state index contributed by atoms with van der Waals surface area (Å²) in [6, 6.07) is 2.04. The third kappa shape index (κ3) is 4.65. The van der Waals surface area contributed by atoms with E-state index in [0.29, 0.717) is 17.7 Å². The van der Waals surface area contributed by atoms with Gasteiger partial charge in [0.15, 0.2) is 5.65 Å². The normalized spacial score (nSPS) is 12.6. The molecule has 0 saturated carbocycles. The number of hydrogen-bond acceptors (Lipinski definition) is 4. The van der Waals surface area contributed by atoms with E-state index in [9.17, 15) is 31.1 Å². The maximum absolute atomic E-state index is 13.2. The predicted molar refractivity (Wildman–Crippen MR) is 89.2 cm³/mol. The van der Waals surface area contributed by atoms with Crippen LogP contribution in [0.15, 0.2) is 36.7 Å². The summed E-state index contributed by atoms with van der Waals surface area (Å²) in [5.74, 6) is -2.10. The number of amides is 1. The number of nitrogens with zero attached hydrogens (tertiary/aromatic N) is 2. The van der Waals surface area contributed by atoms with Gasteiger partial charge in [0.05, 0.1) is 17.5 Å². The van der Waals surface area contributed by atoms with Crippen molar-refractivity contribution in [3.8, 4) is 17.0 Å². The average molecular weight is 416 g/mol. The highest BCUT2D eigenvalue weighted by molar-refractivity contribution is 5.93. The number of nitrogens with one attached hydrogen (secondary N) is 1. The second kappa shape index (κ2) is 7.11. The van der Waals surface area contributed by atoms with E-state index >= 15 is 0 Å². The predicted octanol–water partition coefficient (Wildman–Crippen LogP) is 4.04. The number of H-pyrrole nitrogens is 1. The first-order valence-corrected chi connectivity index (χ1v) is 7.73. The van der Waals surface area contributed by atoms with Crippen LogP contribution in [0.3, 0.4) is 0 Å². The Morgan fingerprint density at radius 1 is 1.17 bits per heavy atom. The average Bonchev–Trinajstić information content (AvgIpc) is 3.00. The zero-order valence-corrected chi connectivity index (χ0v) is 14.1. The second-order valence-corrected chi connectivity index (χ2v) is 5.69. The minimum atomic E-state index is -5.28. The summed E-state index contributed by atoms with van der Waals surface area (Å²) in [6.07, 6.45) is -5.39. The van der Waals surface area contributed by atoms with Crippen molar-refractivity contribution in [2.45, 2.75) is 12.5 Å². The van der Waals surface area contributed by atoms with Crippen LogP contribution in [0, 0.1) is 0 Å². The van der Waals surface area contributed by atoms with Crippen molar-refractivity contribution in [3.63, 3.8) is 0 Å². The number of fused-ring (bicyclic) bond motifs is 1. The zero-order valence-electron chi connectivity index (χ0n) is 14.1. The Bertz CT molecular complexity index is 1100. The number of carbonyl (C=O) groups is 1. The summed E-state index contributed by atoms with van der Waals surface area (Å²) in [5, 5.41) is 0. The Morgan fingerprint density at radius 3 is 2.52 bits per heavy atom. The van der Waals surface area contributed by atoms with Gasteiger partial charge in [0.1, 0.15) is 11.3 Å². The van der Waals surface area contributed by atoms with Gasteiger partial charge in [0.25, 0.3) is 0 Å². The smallest absolute Gasteiger partial charge is 0.405 e. The second-order valence-electron chi connectivity index (χ2n) is 5.69. The van der Waals surface area contributed by atoms with E-state index in [1.165, 1.54) is 12.3 Å². The summed E-state index contributed by atoms with van der Waals surface area (Å²) in [7, 11) is 0. The molecule has 3 rings (SSSR count). The molecule has 0 saturated heterocycles. The largest absolute Gasteiger partial charge is 0.573 e. The molecule has 2 aromatic heterocycles. The van der Waals surface area contributed by atoms with Crippen molar-refractivity contribution in [2.75, 3.05) is 0 Å². The van der Waals surface area contributed by atoms with Crippen LogP contribution in [-0.2, 0) is 11.0 Å². The van der Waals surface area contributed by atoms with Gasteiger partial charge in [-0.25, -0.2) is 9.97 Å². The Kier molecular flexibility index (Phi) is 4.95. The molecule has 3 aromatic rings. The first-order chi connectivity index (χ1) is 13.4. The molecule has 1 amide bonds.